The van der Waals surface area contributed by atoms with Crippen molar-refractivity contribution in [3.05, 3.63) is 41.1 Å². The van der Waals surface area contributed by atoms with E-state index in [1.165, 1.54) is 4.80 Å². The number of amides is 2. The lowest BCUT2D eigenvalue weighted by Crippen LogP contribution is -2.50. The van der Waals surface area contributed by atoms with Gasteiger partial charge in [0.05, 0.1) is 23.9 Å². The minimum absolute atomic E-state index is 0.102. The van der Waals surface area contributed by atoms with E-state index in [1.54, 1.807) is 13.8 Å². The van der Waals surface area contributed by atoms with Crippen molar-refractivity contribution < 1.29 is 14.3 Å². The molecule has 9 nitrogen and oxygen atoms in total. The van der Waals surface area contributed by atoms with Crippen LogP contribution in [0.3, 0.4) is 0 Å². The van der Waals surface area contributed by atoms with E-state index >= 15 is 0 Å². The Kier molecular flexibility index (Phi) is 4.97. The van der Waals surface area contributed by atoms with Gasteiger partial charge in [0, 0.05) is 5.56 Å². The van der Waals surface area contributed by atoms with Crippen molar-refractivity contribution in [3.8, 4) is 11.4 Å². The third kappa shape index (κ3) is 3.56. The molecule has 136 valence electrons. The molecule has 0 fully saturated rings. The topological polar surface area (TPSA) is 111 Å². The Morgan fingerprint density at radius 3 is 2.85 bits per heavy atom. The van der Waals surface area contributed by atoms with Gasteiger partial charge in [-0.3, -0.25) is 0 Å². The molecule has 1 unspecified atom stereocenters. The van der Waals surface area contributed by atoms with Gasteiger partial charge in [-0.05, 0) is 31.5 Å². The molecular weight excluding hydrogens is 336 g/mol. The van der Waals surface area contributed by atoms with E-state index in [1.807, 2.05) is 31.2 Å². The van der Waals surface area contributed by atoms with Crippen LogP contribution in [0.1, 0.15) is 19.4 Å². The van der Waals surface area contributed by atoms with Crippen LogP contribution >= 0.6 is 0 Å². The van der Waals surface area contributed by atoms with Gasteiger partial charge in [0.15, 0.2) is 0 Å². The third-order valence-electron chi connectivity index (χ3n) is 4.00. The molecule has 0 aliphatic carbocycles. The van der Waals surface area contributed by atoms with Gasteiger partial charge >= 0.3 is 12.0 Å². The number of benzene rings is 1. The average molecular weight is 356 g/mol. The Balaban J connectivity index is 1.90. The Morgan fingerprint density at radius 1 is 1.35 bits per heavy atom. The second-order valence-electron chi connectivity index (χ2n) is 5.89. The number of urea groups is 1. The summed E-state index contributed by atoms with van der Waals surface area (Å²) in [5, 5.41) is 17.8. The Labute approximate surface area is 150 Å². The first-order chi connectivity index (χ1) is 12.5. The molecule has 0 radical (unpaired) electrons. The molecular formula is C17H20N6O3. The summed E-state index contributed by atoms with van der Waals surface area (Å²) in [7, 11) is 0. The maximum atomic E-state index is 12.3. The highest BCUT2D eigenvalue weighted by molar-refractivity contribution is 5.94. The number of tetrazole rings is 1. The summed E-state index contributed by atoms with van der Waals surface area (Å²) in [4.78, 5) is 25.4. The van der Waals surface area contributed by atoms with Crippen molar-refractivity contribution in [2.45, 2.75) is 33.4 Å². The maximum Gasteiger partial charge on any atom is 0.337 e. The van der Waals surface area contributed by atoms with E-state index in [9.17, 15) is 9.59 Å². The van der Waals surface area contributed by atoms with Gasteiger partial charge < -0.3 is 15.4 Å². The fraction of sp³-hybridized carbons (Fsp3) is 0.353. The number of nitrogens with one attached hydrogen (secondary N) is 2. The molecule has 1 aromatic carbocycles. The Morgan fingerprint density at radius 2 is 2.12 bits per heavy atom. The minimum atomic E-state index is -0.484. The van der Waals surface area contributed by atoms with Crippen LogP contribution in [-0.2, 0) is 16.1 Å². The molecule has 3 rings (SSSR count). The average Bonchev–Trinajstić information content (AvgIpc) is 3.03. The van der Waals surface area contributed by atoms with E-state index in [-0.39, 0.29) is 19.2 Å². The highest BCUT2D eigenvalue weighted by atomic mass is 16.5. The first-order valence-corrected chi connectivity index (χ1v) is 8.31. The Hall–Kier alpha value is -3.23. The molecule has 1 aliphatic rings. The van der Waals surface area contributed by atoms with Crippen molar-refractivity contribution >= 4 is 12.0 Å². The smallest absolute Gasteiger partial charge is 0.337 e. The number of ether oxygens (including phenoxy) is 1. The zero-order valence-electron chi connectivity index (χ0n) is 14.8. The van der Waals surface area contributed by atoms with Gasteiger partial charge in [0.1, 0.15) is 6.54 Å². The van der Waals surface area contributed by atoms with Gasteiger partial charge in [0.2, 0.25) is 5.82 Å². The van der Waals surface area contributed by atoms with E-state index in [4.69, 9.17) is 4.74 Å². The summed E-state index contributed by atoms with van der Waals surface area (Å²) >= 11 is 0. The number of carbonyl (C=O) groups excluding carboxylic acids is 2. The molecule has 0 spiro atoms. The lowest BCUT2D eigenvalue weighted by molar-refractivity contribution is -0.139. The fourth-order valence-electron chi connectivity index (χ4n) is 2.79. The van der Waals surface area contributed by atoms with E-state index < -0.39 is 12.0 Å². The van der Waals surface area contributed by atoms with Crippen molar-refractivity contribution in [1.29, 1.82) is 0 Å². The first kappa shape index (κ1) is 17.6. The molecule has 2 amide bonds. The second kappa shape index (κ2) is 7.34. The van der Waals surface area contributed by atoms with Crippen LogP contribution in [-0.4, -0.2) is 44.9 Å². The molecule has 0 saturated carbocycles. The summed E-state index contributed by atoms with van der Waals surface area (Å²) < 4.78 is 5.09. The van der Waals surface area contributed by atoms with Crippen LogP contribution in [0.15, 0.2) is 35.5 Å². The summed E-state index contributed by atoms with van der Waals surface area (Å²) in [6, 6.07) is 6.85. The molecule has 1 aromatic heterocycles. The van der Waals surface area contributed by atoms with E-state index in [2.05, 4.69) is 26.0 Å². The second-order valence-corrected chi connectivity index (χ2v) is 5.89. The highest BCUT2D eigenvalue weighted by Crippen LogP contribution is 2.19. The van der Waals surface area contributed by atoms with Crippen LogP contribution in [0, 0.1) is 6.92 Å². The monoisotopic (exact) mass is 356 g/mol. The number of aromatic nitrogens is 4. The van der Waals surface area contributed by atoms with Gasteiger partial charge in [-0.25, -0.2) is 9.59 Å². The molecule has 2 aromatic rings. The van der Waals surface area contributed by atoms with Gasteiger partial charge in [-0.15, -0.1) is 10.2 Å². The van der Waals surface area contributed by atoms with Crippen LogP contribution in [0.4, 0.5) is 4.79 Å². The normalized spacial score (nSPS) is 16.9. The van der Waals surface area contributed by atoms with Gasteiger partial charge in [0.25, 0.3) is 0 Å². The number of hydrogen-bond acceptors (Lipinski definition) is 6. The van der Waals surface area contributed by atoms with Gasteiger partial charge in [-0.2, -0.15) is 4.80 Å². The van der Waals surface area contributed by atoms with E-state index in [0.29, 0.717) is 17.1 Å². The number of rotatable bonds is 5. The lowest BCUT2D eigenvalue weighted by Gasteiger charge is -2.26. The lowest BCUT2D eigenvalue weighted by atomic mass is 10.0. The number of esters is 1. The molecule has 2 N–H and O–H groups in total. The summed E-state index contributed by atoms with van der Waals surface area (Å²) in [5.74, 6) is -0.00330. The molecule has 9 heteroatoms. The molecule has 0 bridgehead atoms. The quantitative estimate of drug-likeness (QED) is 0.778. The van der Waals surface area contributed by atoms with E-state index in [0.717, 1.165) is 11.1 Å². The maximum absolute atomic E-state index is 12.3. The first-order valence-electron chi connectivity index (χ1n) is 8.31. The van der Waals surface area contributed by atoms with Crippen LogP contribution in [0.25, 0.3) is 11.4 Å². The SMILES string of the molecule is CCOC(=O)C1=C(Cn2nnc(-c3ccccc3C)n2)NC(=O)NC1C. The molecule has 1 aliphatic heterocycles. The predicted molar refractivity (Wildman–Crippen MR) is 92.8 cm³/mol. The fourth-order valence-corrected chi connectivity index (χ4v) is 2.79. The molecule has 26 heavy (non-hydrogen) atoms. The van der Waals surface area contributed by atoms with Crippen molar-refractivity contribution in [2.24, 2.45) is 0 Å². The number of hydrogen-bond donors (Lipinski definition) is 2. The zero-order valence-corrected chi connectivity index (χ0v) is 14.8. The number of carbonyl (C=O) groups is 2. The zero-order chi connectivity index (χ0) is 18.7. The van der Waals surface area contributed by atoms with Crippen molar-refractivity contribution in [2.75, 3.05) is 6.61 Å². The van der Waals surface area contributed by atoms with Crippen LogP contribution < -0.4 is 10.6 Å². The number of allylic oxidation sites excluding steroid dienone is 1. The summed E-state index contributed by atoms with van der Waals surface area (Å²) in [6.45, 7) is 5.76. The standard InChI is InChI=1S/C17H20N6O3/c1-4-26-16(24)14-11(3)18-17(25)19-13(14)9-23-21-15(20-22-23)12-8-6-5-7-10(12)2/h5-8,11H,4,9H2,1-3H3,(H2,18,19,25). The minimum Gasteiger partial charge on any atom is -0.463 e. The number of aryl methyl sites for hydroxylation is 1. The molecule has 0 saturated heterocycles. The largest absolute Gasteiger partial charge is 0.463 e. The number of nitrogens with zero attached hydrogens (tertiary/aromatic N) is 4. The molecule has 1 atom stereocenters. The molecule has 2 heterocycles. The van der Waals surface area contributed by atoms with Crippen LogP contribution in [0.2, 0.25) is 0 Å². The van der Waals surface area contributed by atoms with Crippen molar-refractivity contribution in [1.82, 2.24) is 30.8 Å². The third-order valence-corrected chi connectivity index (χ3v) is 4.00. The van der Waals surface area contributed by atoms with Crippen LogP contribution in [0.5, 0.6) is 0 Å². The summed E-state index contributed by atoms with van der Waals surface area (Å²) in [6.07, 6.45) is 0. The van der Waals surface area contributed by atoms with Crippen molar-refractivity contribution in [3.63, 3.8) is 0 Å². The van der Waals surface area contributed by atoms with Gasteiger partial charge in [-0.1, -0.05) is 24.3 Å². The Bertz CT molecular complexity index is 873. The summed E-state index contributed by atoms with van der Waals surface area (Å²) in [5.41, 5.74) is 2.65. The highest BCUT2D eigenvalue weighted by Gasteiger charge is 2.30. The predicted octanol–water partition coefficient (Wildman–Crippen LogP) is 1.17.